The van der Waals surface area contributed by atoms with E-state index in [1.807, 2.05) is 48.5 Å². The lowest BCUT2D eigenvalue weighted by molar-refractivity contribution is 0.669. The fourth-order valence-corrected chi connectivity index (χ4v) is 8.54. The summed E-state index contributed by atoms with van der Waals surface area (Å²) in [5.41, 5.74) is 13.1. The third-order valence-electron chi connectivity index (χ3n) is 11.3. The van der Waals surface area contributed by atoms with Crippen molar-refractivity contribution in [2.75, 3.05) is 0 Å². The highest BCUT2D eigenvalue weighted by atomic mass is 16.3. The van der Waals surface area contributed by atoms with Crippen LogP contribution in [0, 0.1) is 0 Å². The van der Waals surface area contributed by atoms with Crippen LogP contribution in [0.4, 0.5) is 0 Å². The van der Waals surface area contributed by atoms with Crippen molar-refractivity contribution in [3.05, 3.63) is 188 Å². The van der Waals surface area contributed by atoms with Crippen molar-refractivity contribution < 1.29 is 8.83 Å². The van der Waals surface area contributed by atoms with Gasteiger partial charge >= 0.3 is 0 Å². The van der Waals surface area contributed by atoms with Crippen LogP contribution in [0.3, 0.4) is 0 Å². The minimum Gasteiger partial charge on any atom is -0.456 e. The number of para-hydroxylation sites is 3. The van der Waals surface area contributed by atoms with E-state index in [0.717, 1.165) is 116 Å². The summed E-state index contributed by atoms with van der Waals surface area (Å²) in [4.78, 5) is 15.4. The first kappa shape index (κ1) is 32.4. The fraction of sp³-hybridized carbons (Fsp3) is 0. The molecule has 0 saturated heterocycles. The molecule has 4 heterocycles. The van der Waals surface area contributed by atoms with E-state index in [4.69, 9.17) is 23.8 Å². The molecule has 0 aliphatic heterocycles. The quantitative estimate of drug-likeness (QED) is 0.164. The van der Waals surface area contributed by atoms with E-state index in [0.29, 0.717) is 5.82 Å². The maximum absolute atomic E-state index is 6.79. The maximum atomic E-state index is 6.79. The Morgan fingerprint density at radius 2 is 0.948 bits per heavy atom. The van der Waals surface area contributed by atoms with Gasteiger partial charge in [-0.25, -0.2) is 15.0 Å². The Kier molecular flexibility index (Phi) is 7.16. The van der Waals surface area contributed by atoms with Crippen LogP contribution in [-0.2, 0) is 0 Å². The molecule has 0 aliphatic rings. The Balaban J connectivity index is 0.988. The van der Waals surface area contributed by atoms with Crippen LogP contribution < -0.4 is 0 Å². The first-order valence-corrected chi connectivity index (χ1v) is 19.4. The molecule has 0 radical (unpaired) electrons. The third-order valence-corrected chi connectivity index (χ3v) is 11.3. The van der Waals surface area contributed by atoms with Crippen LogP contribution in [0.5, 0.6) is 0 Å². The molecular formula is C53H31N3O2. The zero-order valence-electron chi connectivity index (χ0n) is 31.1. The van der Waals surface area contributed by atoms with Gasteiger partial charge in [0.25, 0.3) is 0 Å². The summed E-state index contributed by atoms with van der Waals surface area (Å²) in [6.45, 7) is 0. The molecule has 0 N–H and O–H groups in total. The largest absolute Gasteiger partial charge is 0.456 e. The van der Waals surface area contributed by atoms with Crippen LogP contribution >= 0.6 is 0 Å². The van der Waals surface area contributed by atoms with Crippen LogP contribution in [0.15, 0.2) is 197 Å². The fourth-order valence-electron chi connectivity index (χ4n) is 8.54. The van der Waals surface area contributed by atoms with Crippen molar-refractivity contribution in [1.29, 1.82) is 0 Å². The van der Waals surface area contributed by atoms with Crippen LogP contribution in [0.25, 0.3) is 122 Å². The van der Waals surface area contributed by atoms with Gasteiger partial charge in [-0.05, 0) is 48.0 Å². The molecule has 4 aromatic heterocycles. The second-order valence-electron chi connectivity index (χ2n) is 14.7. The van der Waals surface area contributed by atoms with Crippen molar-refractivity contribution >= 4 is 65.6 Å². The van der Waals surface area contributed by atoms with Crippen molar-refractivity contribution in [2.45, 2.75) is 0 Å². The molecule has 0 aliphatic carbocycles. The van der Waals surface area contributed by atoms with Crippen molar-refractivity contribution in [3.63, 3.8) is 0 Å². The van der Waals surface area contributed by atoms with E-state index in [9.17, 15) is 0 Å². The van der Waals surface area contributed by atoms with Gasteiger partial charge in [0.05, 0.1) is 22.6 Å². The van der Waals surface area contributed by atoms with E-state index >= 15 is 0 Å². The first-order valence-electron chi connectivity index (χ1n) is 19.4. The highest BCUT2D eigenvalue weighted by Gasteiger charge is 2.20. The number of aromatic nitrogens is 3. The van der Waals surface area contributed by atoms with E-state index in [-0.39, 0.29) is 0 Å². The summed E-state index contributed by atoms with van der Waals surface area (Å²) in [5, 5.41) is 7.71. The summed E-state index contributed by atoms with van der Waals surface area (Å²) in [7, 11) is 0. The van der Waals surface area contributed by atoms with Gasteiger partial charge in [-0.1, -0.05) is 146 Å². The van der Waals surface area contributed by atoms with Gasteiger partial charge < -0.3 is 8.83 Å². The average Bonchev–Trinajstić information content (AvgIpc) is 3.87. The number of benzene rings is 8. The summed E-state index contributed by atoms with van der Waals surface area (Å²) in [5.74, 6) is 0.639. The van der Waals surface area contributed by atoms with Gasteiger partial charge in [0.2, 0.25) is 0 Å². The number of fused-ring (bicyclic) bond motifs is 10. The van der Waals surface area contributed by atoms with Gasteiger partial charge in [0.1, 0.15) is 22.3 Å². The van der Waals surface area contributed by atoms with Gasteiger partial charge in [-0.15, -0.1) is 0 Å². The minimum atomic E-state index is 0.639. The van der Waals surface area contributed by atoms with E-state index in [1.165, 1.54) is 0 Å². The number of nitrogens with zero attached hydrogens (tertiary/aromatic N) is 3. The van der Waals surface area contributed by atoms with E-state index in [1.54, 1.807) is 0 Å². The number of hydrogen-bond donors (Lipinski definition) is 0. The molecule has 12 aromatic rings. The molecule has 0 spiro atoms. The molecule has 0 amide bonds. The molecular weight excluding hydrogens is 711 g/mol. The van der Waals surface area contributed by atoms with Crippen molar-refractivity contribution in [2.24, 2.45) is 0 Å². The molecule has 5 heteroatoms. The van der Waals surface area contributed by atoms with Gasteiger partial charge in [0.15, 0.2) is 5.82 Å². The monoisotopic (exact) mass is 741 g/mol. The van der Waals surface area contributed by atoms with Gasteiger partial charge in [-0.3, -0.25) is 0 Å². The SMILES string of the molecule is c1ccc(-c2cc(-c3ccc(-c4cccc5c4oc4ccc6c(-c7ccccc7)nc7ccccc7c6c45)cc3)nc(-c3ccc4c(c3)oc3ccccc34)n2)cc1. The molecule has 0 saturated carbocycles. The summed E-state index contributed by atoms with van der Waals surface area (Å²) in [6.07, 6.45) is 0. The summed E-state index contributed by atoms with van der Waals surface area (Å²) < 4.78 is 13.0. The Hall–Kier alpha value is -7.89. The molecule has 0 fully saturated rings. The third kappa shape index (κ3) is 5.14. The smallest absolute Gasteiger partial charge is 0.160 e. The Morgan fingerprint density at radius 1 is 0.328 bits per heavy atom. The molecule has 5 nitrogen and oxygen atoms in total. The zero-order valence-corrected chi connectivity index (χ0v) is 31.1. The minimum absolute atomic E-state index is 0.639. The highest BCUT2D eigenvalue weighted by Crippen LogP contribution is 2.44. The average molecular weight is 742 g/mol. The lowest BCUT2D eigenvalue weighted by atomic mass is 9.95. The first-order chi connectivity index (χ1) is 28.7. The van der Waals surface area contributed by atoms with Gasteiger partial charge in [0, 0.05) is 65.5 Å². The topological polar surface area (TPSA) is 65.0 Å². The normalized spacial score (nSPS) is 11.8. The lowest BCUT2D eigenvalue weighted by Gasteiger charge is -2.11. The predicted octanol–water partition coefficient (Wildman–Crippen LogP) is 14.3. The lowest BCUT2D eigenvalue weighted by Crippen LogP contribution is -1.96. The number of furan rings is 2. The van der Waals surface area contributed by atoms with Crippen molar-refractivity contribution in [3.8, 4) is 56.3 Å². The van der Waals surface area contributed by atoms with Crippen molar-refractivity contribution in [1.82, 2.24) is 15.0 Å². The molecule has 270 valence electrons. The van der Waals surface area contributed by atoms with Crippen LogP contribution in [0.1, 0.15) is 0 Å². The molecule has 8 aromatic carbocycles. The maximum Gasteiger partial charge on any atom is 0.160 e. The molecule has 58 heavy (non-hydrogen) atoms. The molecule has 0 bridgehead atoms. The summed E-state index contributed by atoms with van der Waals surface area (Å²) >= 11 is 0. The molecule has 0 atom stereocenters. The second kappa shape index (κ2) is 12.8. The standard InChI is InChI=1S/C53H31N3O2/c1-3-12-33(13-4-1)44-31-45(56-53(55-44)36-26-27-39-38-16-8-10-21-46(38)57-48(39)30-36)34-24-22-32(23-25-34)37-18-11-19-42-50-47(58-52(37)42)29-28-41-49(50)40-17-7-9-20-43(40)54-51(41)35-14-5-2-6-15-35/h1-31H. The Labute approximate surface area is 332 Å². The highest BCUT2D eigenvalue weighted by molar-refractivity contribution is 6.29. The zero-order chi connectivity index (χ0) is 38.2. The van der Waals surface area contributed by atoms with E-state index < -0.39 is 0 Å². The molecule has 0 unspecified atom stereocenters. The van der Waals surface area contributed by atoms with E-state index in [2.05, 4.69) is 140 Å². The Bertz CT molecular complexity index is 3550. The summed E-state index contributed by atoms with van der Waals surface area (Å²) in [6, 6.07) is 64.8. The Morgan fingerprint density at radius 3 is 1.76 bits per heavy atom. The number of pyridine rings is 1. The van der Waals surface area contributed by atoms with Crippen LogP contribution in [0.2, 0.25) is 0 Å². The molecule has 12 rings (SSSR count). The van der Waals surface area contributed by atoms with Crippen LogP contribution in [-0.4, -0.2) is 15.0 Å². The number of rotatable bonds is 5. The second-order valence-corrected chi connectivity index (χ2v) is 14.7. The predicted molar refractivity (Wildman–Crippen MR) is 237 cm³/mol. The number of hydrogen-bond acceptors (Lipinski definition) is 5. The van der Waals surface area contributed by atoms with Gasteiger partial charge in [-0.2, -0.15) is 0 Å².